The van der Waals surface area contributed by atoms with Crippen molar-refractivity contribution >= 4 is 28.9 Å². The van der Waals surface area contributed by atoms with Gasteiger partial charge < -0.3 is 20.3 Å². The molecule has 1 unspecified atom stereocenters. The van der Waals surface area contributed by atoms with Crippen molar-refractivity contribution in [1.29, 1.82) is 0 Å². The number of benzene rings is 3. The Balaban J connectivity index is 1.29. The second kappa shape index (κ2) is 11.0. The molecular formula is C27H29FN4O3. The lowest BCUT2D eigenvalue weighted by Crippen LogP contribution is -2.52. The molecule has 0 bridgehead atoms. The molecule has 1 aliphatic heterocycles. The summed E-state index contributed by atoms with van der Waals surface area (Å²) in [5.41, 5.74) is 2.67. The Morgan fingerprint density at radius 1 is 0.886 bits per heavy atom. The number of nitrogens with one attached hydrogen (secondary N) is 2. The minimum absolute atomic E-state index is 0.105. The van der Waals surface area contributed by atoms with E-state index in [4.69, 9.17) is 4.74 Å². The van der Waals surface area contributed by atoms with Crippen LogP contribution in [-0.2, 0) is 4.79 Å². The minimum atomic E-state index is -0.307. The molecule has 8 heteroatoms. The van der Waals surface area contributed by atoms with Gasteiger partial charge in [0.2, 0.25) is 5.91 Å². The third kappa shape index (κ3) is 5.96. The Morgan fingerprint density at radius 3 is 2.20 bits per heavy atom. The lowest BCUT2D eigenvalue weighted by atomic mass is 10.1. The van der Waals surface area contributed by atoms with E-state index in [1.165, 1.54) is 12.1 Å². The zero-order valence-corrected chi connectivity index (χ0v) is 19.8. The van der Waals surface area contributed by atoms with Crippen LogP contribution in [0.5, 0.6) is 5.75 Å². The van der Waals surface area contributed by atoms with Crippen molar-refractivity contribution in [3.05, 3.63) is 84.2 Å². The zero-order chi connectivity index (χ0) is 24.8. The number of ether oxygens (including phenoxy) is 1. The first kappa shape index (κ1) is 24.2. The van der Waals surface area contributed by atoms with Crippen LogP contribution in [0.2, 0.25) is 0 Å². The van der Waals surface area contributed by atoms with E-state index < -0.39 is 0 Å². The van der Waals surface area contributed by atoms with E-state index in [1.807, 2.05) is 19.1 Å². The molecule has 3 aromatic carbocycles. The normalized spacial score (nSPS) is 14.8. The van der Waals surface area contributed by atoms with E-state index >= 15 is 0 Å². The molecule has 3 aromatic rings. The number of anilines is 3. The van der Waals surface area contributed by atoms with Gasteiger partial charge in [-0.05, 0) is 67.6 Å². The van der Waals surface area contributed by atoms with Gasteiger partial charge in [-0.25, -0.2) is 4.39 Å². The van der Waals surface area contributed by atoms with Crippen molar-refractivity contribution in [1.82, 2.24) is 4.90 Å². The summed E-state index contributed by atoms with van der Waals surface area (Å²) >= 11 is 0. The van der Waals surface area contributed by atoms with Gasteiger partial charge in [0.1, 0.15) is 11.6 Å². The molecule has 0 spiro atoms. The molecule has 2 amide bonds. The van der Waals surface area contributed by atoms with Crippen LogP contribution in [0.25, 0.3) is 0 Å². The molecular weight excluding hydrogens is 447 g/mol. The first-order valence-electron chi connectivity index (χ1n) is 11.5. The van der Waals surface area contributed by atoms with Crippen LogP contribution in [0.4, 0.5) is 21.5 Å². The van der Waals surface area contributed by atoms with E-state index in [1.54, 1.807) is 55.6 Å². The highest BCUT2D eigenvalue weighted by Gasteiger charge is 2.26. The fourth-order valence-electron chi connectivity index (χ4n) is 4.08. The Kier molecular flexibility index (Phi) is 7.62. The third-order valence-corrected chi connectivity index (χ3v) is 6.20. The zero-order valence-electron chi connectivity index (χ0n) is 19.8. The summed E-state index contributed by atoms with van der Waals surface area (Å²) in [7, 11) is 1.55. The Morgan fingerprint density at radius 2 is 1.54 bits per heavy atom. The summed E-state index contributed by atoms with van der Waals surface area (Å²) in [6.07, 6.45) is 0. The van der Waals surface area contributed by atoms with Crippen LogP contribution in [0.1, 0.15) is 17.3 Å². The number of methoxy groups -OCH3 is 1. The average Bonchev–Trinajstić information content (AvgIpc) is 2.89. The van der Waals surface area contributed by atoms with Crippen molar-refractivity contribution in [3.63, 3.8) is 0 Å². The number of amides is 2. The van der Waals surface area contributed by atoms with E-state index in [2.05, 4.69) is 20.4 Å². The summed E-state index contributed by atoms with van der Waals surface area (Å²) in [6, 6.07) is 20.2. The molecule has 1 fully saturated rings. The summed E-state index contributed by atoms with van der Waals surface area (Å²) in [5, 5.41) is 5.77. The molecule has 1 heterocycles. The van der Waals surface area contributed by atoms with Crippen LogP contribution in [0, 0.1) is 5.82 Å². The molecule has 7 nitrogen and oxygen atoms in total. The maximum atomic E-state index is 13.2. The monoisotopic (exact) mass is 476 g/mol. The van der Waals surface area contributed by atoms with Gasteiger partial charge in [0.15, 0.2) is 0 Å². The summed E-state index contributed by atoms with van der Waals surface area (Å²) in [6.45, 7) is 4.87. The maximum Gasteiger partial charge on any atom is 0.255 e. The molecule has 0 aromatic heterocycles. The van der Waals surface area contributed by atoms with Crippen LogP contribution in [0.15, 0.2) is 72.8 Å². The van der Waals surface area contributed by atoms with Gasteiger partial charge >= 0.3 is 0 Å². The van der Waals surface area contributed by atoms with Crippen molar-refractivity contribution < 1.29 is 18.7 Å². The standard InChI is InChI=1S/C27H29FN4O3/c1-19(31-15-17-32(18-16-31)23-13-9-21(28)10-14-23)26(33)29-22-11-7-20(8-12-22)27(34)30-24-5-3-4-6-25(24)35-2/h3-14,19H,15-18H2,1-2H3,(H,29,33)(H,30,34). The topological polar surface area (TPSA) is 73.9 Å². The molecule has 4 rings (SSSR count). The number of hydrogen-bond acceptors (Lipinski definition) is 5. The van der Waals surface area contributed by atoms with Crippen molar-refractivity contribution in [3.8, 4) is 5.75 Å². The second-order valence-corrected chi connectivity index (χ2v) is 8.40. The summed E-state index contributed by atoms with van der Waals surface area (Å²) in [5.74, 6) is -0.0359. The number of rotatable bonds is 7. The van der Waals surface area contributed by atoms with E-state index in [0.717, 1.165) is 31.9 Å². The van der Waals surface area contributed by atoms with Crippen molar-refractivity contribution in [2.75, 3.05) is 48.8 Å². The molecule has 1 atom stereocenters. The van der Waals surface area contributed by atoms with E-state index in [0.29, 0.717) is 22.7 Å². The fourth-order valence-corrected chi connectivity index (χ4v) is 4.08. The molecule has 182 valence electrons. The van der Waals surface area contributed by atoms with Crippen molar-refractivity contribution in [2.45, 2.75) is 13.0 Å². The largest absolute Gasteiger partial charge is 0.495 e. The van der Waals surface area contributed by atoms with Gasteiger partial charge in [0.05, 0.1) is 18.8 Å². The number of hydrogen-bond donors (Lipinski definition) is 2. The van der Waals surface area contributed by atoms with Gasteiger partial charge in [0, 0.05) is 43.1 Å². The van der Waals surface area contributed by atoms with Gasteiger partial charge in [-0.3, -0.25) is 14.5 Å². The average molecular weight is 477 g/mol. The van der Waals surface area contributed by atoms with Gasteiger partial charge in [0.25, 0.3) is 5.91 Å². The predicted molar refractivity (Wildman–Crippen MR) is 136 cm³/mol. The molecule has 2 N–H and O–H groups in total. The number of piperazine rings is 1. The van der Waals surface area contributed by atoms with Gasteiger partial charge in [-0.1, -0.05) is 12.1 Å². The molecule has 0 aliphatic carbocycles. The number of nitrogens with zero attached hydrogens (tertiary/aromatic N) is 2. The van der Waals surface area contributed by atoms with E-state index in [9.17, 15) is 14.0 Å². The predicted octanol–water partition coefficient (Wildman–Crippen LogP) is 4.24. The number of carbonyl (C=O) groups excluding carboxylic acids is 2. The Bertz CT molecular complexity index is 1160. The fraction of sp³-hybridized carbons (Fsp3) is 0.259. The lowest BCUT2D eigenvalue weighted by Gasteiger charge is -2.38. The highest BCUT2D eigenvalue weighted by Crippen LogP contribution is 2.24. The third-order valence-electron chi connectivity index (χ3n) is 6.20. The first-order chi connectivity index (χ1) is 16.9. The first-order valence-corrected chi connectivity index (χ1v) is 11.5. The number of halogens is 1. The molecule has 35 heavy (non-hydrogen) atoms. The second-order valence-electron chi connectivity index (χ2n) is 8.40. The van der Waals surface area contributed by atoms with Crippen LogP contribution >= 0.6 is 0 Å². The maximum absolute atomic E-state index is 13.2. The Hall–Kier alpha value is -3.91. The van der Waals surface area contributed by atoms with E-state index in [-0.39, 0.29) is 23.7 Å². The van der Waals surface area contributed by atoms with Gasteiger partial charge in [-0.2, -0.15) is 0 Å². The minimum Gasteiger partial charge on any atom is -0.495 e. The lowest BCUT2D eigenvalue weighted by molar-refractivity contribution is -0.120. The van der Waals surface area contributed by atoms with Crippen LogP contribution < -0.4 is 20.3 Å². The molecule has 0 radical (unpaired) electrons. The van der Waals surface area contributed by atoms with Gasteiger partial charge in [-0.15, -0.1) is 0 Å². The smallest absolute Gasteiger partial charge is 0.255 e. The van der Waals surface area contributed by atoms with Crippen molar-refractivity contribution in [2.24, 2.45) is 0 Å². The highest BCUT2D eigenvalue weighted by atomic mass is 19.1. The number of carbonyl (C=O) groups is 2. The SMILES string of the molecule is COc1ccccc1NC(=O)c1ccc(NC(=O)C(C)N2CCN(c3ccc(F)cc3)CC2)cc1. The Labute approximate surface area is 204 Å². The number of para-hydroxylation sites is 2. The van der Waals surface area contributed by atoms with Crippen LogP contribution in [0.3, 0.4) is 0 Å². The quantitative estimate of drug-likeness (QED) is 0.534. The molecule has 1 saturated heterocycles. The molecule has 0 saturated carbocycles. The molecule has 1 aliphatic rings. The highest BCUT2D eigenvalue weighted by molar-refractivity contribution is 6.05. The summed E-state index contributed by atoms with van der Waals surface area (Å²) in [4.78, 5) is 29.7. The van der Waals surface area contributed by atoms with Crippen LogP contribution in [-0.4, -0.2) is 56.0 Å². The summed E-state index contributed by atoms with van der Waals surface area (Å²) < 4.78 is 18.4.